The fourth-order valence-corrected chi connectivity index (χ4v) is 1.64. The Kier molecular flexibility index (Phi) is 3.44. The minimum absolute atomic E-state index is 0.262. The van der Waals surface area contributed by atoms with Crippen molar-refractivity contribution in [2.45, 2.75) is 6.54 Å². The number of benzene rings is 2. The van der Waals surface area contributed by atoms with E-state index < -0.39 is 0 Å². The van der Waals surface area contributed by atoms with Gasteiger partial charge in [0.2, 0.25) is 0 Å². The van der Waals surface area contributed by atoms with Gasteiger partial charge in [0.05, 0.1) is 23.0 Å². The number of nitrogens with one attached hydrogen (secondary N) is 1. The van der Waals surface area contributed by atoms with Gasteiger partial charge in [-0.15, -0.1) is 0 Å². The summed E-state index contributed by atoms with van der Waals surface area (Å²) in [6.07, 6.45) is 0. The molecule has 0 saturated heterocycles. The van der Waals surface area contributed by atoms with E-state index in [0.29, 0.717) is 17.8 Å². The lowest BCUT2D eigenvalue weighted by molar-refractivity contribution is 0.626. The van der Waals surface area contributed by atoms with Gasteiger partial charge in [0.1, 0.15) is 5.82 Å². The Morgan fingerprint density at radius 1 is 1.22 bits per heavy atom. The molecule has 0 aliphatic heterocycles. The van der Waals surface area contributed by atoms with Crippen LogP contribution in [0.4, 0.5) is 15.8 Å². The highest BCUT2D eigenvalue weighted by Gasteiger charge is 2.01. The van der Waals surface area contributed by atoms with Crippen LogP contribution in [-0.2, 0) is 6.54 Å². The van der Waals surface area contributed by atoms with Gasteiger partial charge in [0.25, 0.3) is 0 Å². The fourth-order valence-electron chi connectivity index (χ4n) is 1.64. The molecule has 18 heavy (non-hydrogen) atoms. The van der Waals surface area contributed by atoms with Crippen molar-refractivity contribution in [3.63, 3.8) is 0 Å². The highest BCUT2D eigenvalue weighted by Crippen LogP contribution is 2.20. The van der Waals surface area contributed by atoms with Gasteiger partial charge in [0.15, 0.2) is 0 Å². The second kappa shape index (κ2) is 5.19. The standard InChI is InChI=1S/C14H12FN3/c15-12-3-1-2-11(6-12)9-18-14-5-4-10(8-16)7-13(14)17/h1-7,18H,9,17H2. The molecule has 2 rings (SSSR count). The highest BCUT2D eigenvalue weighted by atomic mass is 19.1. The molecule has 2 aromatic rings. The molecule has 0 amide bonds. The van der Waals surface area contributed by atoms with Crippen LogP contribution in [0.1, 0.15) is 11.1 Å². The van der Waals surface area contributed by atoms with E-state index in [1.165, 1.54) is 12.1 Å². The van der Waals surface area contributed by atoms with Crippen molar-refractivity contribution in [2.24, 2.45) is 0 Å². The summed E-state index contributed by atoms with van der Waals surface area (Å²) in [6.45, 7) is 0.480. The summed E-state index contributed by atoms with van der Waals surface area (Å²) < 4.78 is 13.0. The minimum atomic E-state index is -0.262. The van der Waals surface area contributed by atoms with Crippen molar-refractivity contribution in [2.75, 3.05) is 11.1 Å². The van der Waals surface area contributed by atoms with Gasteiger partial charge in [-0.25, -0.2) is 4.39 Å². The van der Waals surface area contributed by atoms with Crippen LogP contribution in [0.5, 0.6) is 0 Å². The van der Waals surface area contributed by atoms with Gasteiger partial charge < -0.3 is 11.1 Å². The average Bonchev–Trinajstić information content (AvgIpc) is 2.37. The Morgan fingerprint density at radius 3 is 2.72 bits per heavy atom. The number of nitrogens with two attached hydrogens (primary N) is 1. The summed E-state index contributed by atoms with van der Waals surface area (Å²) >= 11 is 0. The number of hydrogen-bond donors (Lipinski definition) is 2. The largest absolute Gasteiger partial charge is 0.397 e. The molecular formula is C14H12FN3. The lowest BCUT2D eigenvalue weighted by Gasteiger charge is -2.09. The molecule has 0 saturated carbocycles. The van der Waals surface area contributed by atoms with Crippen molar-refractivity contribution >= 4 is 11.4 Å². The Morgan fingerprint density at radius 2 is 2.06 bits per heavy atom. The molecule has 90 valence electrons. The van der Waals surface area contributed by atoms with E-state index in [9.17, 15) is 4.39 Å². The number of nitrogens with zero attached hydrogens (tertiary/aromatic N) is 1. The predicted octanol–water partition coefficient (Wildman–Crippen LogP) is 2.89. The van der Waals surface area contributed by atoms with E-state index >= 15 is 0 Å². The Balaban J connectivity index is 2.09. The summed E-state index contributed by atoms with van der Waals surface area (Å²) in [5, 5.41) is 11.8. The van der Waals surface area contributed by atoms with Gasteiger partial charge in [-0.3, -0.25) is 0 Å². The molecule has 0 radical (unpaired) electrons. The highest BCUT2D eigenvalue weighted by molar-refractivity contribution is 5.68. The SMILES string of the molecule is N#Cc1ccc(NCc2cccc(F)c2)c(N)c1. The predicted molar refractivity (Wildman–Crippen MR) is 69.3 cm³/mol. The first-order valence-corrected chi connectivity index (χ1v) is 5.47. The molecule has 0 fully saturated rings. The maximum Gasteiger partial charge on any atom is 0.123 e. The molecule has 0 heterocycles. The summed E-state index contributed by atoms with van der Waals surface area (Å²) in [6, 6.07) is 13.4. The lowest BCUT2D eigenvalue weighted by atomic mass is 10.1. The van der Waals surface area contributed by atoms with E-state index in [4.69, 9.17) is 11.0 Å². The van der Waals surface area contributed by atoms with Crippen molar-refractivity contribution < 1.29 is 4.39 Å². The van der Waals surface area contributed by atoms with E-state index in [1.54, 1.807) is 24.3 Å². The molecule has 0 unspecified atom stereocenters. The Labute approximate surface area is 105 Å². The zero-order chi connectivity index (χ0) is 13.0. The first kappa shape index (κ1) is 11.9. The second-order valence-electron chi connectivity index (χ2n) is 3.90. The minimum Gasteiger partial charge on any atom is -0.397 e. The normalized spacial score (nSPS) is 9.78. The van der Waals surface area contributed by atoms with Crippen molar-refractivity contribution in [1.29, 1.82) is 5.26 Å². The van der Waals surface area contributed by atoms with Crippen LogP contribution in [0.2, 0.25) is 0 Å². The van der Waals surface area contributed by atoms with E-state index in [2.05, 4.69) is 5.32 Å². The van der Waals surface area contributed by atoms with Crippen LogP contribution in [0.25, 0.3) is 0 Å². The van der Waals surface area contributed by atoms with Gasteiger partial charge in [-0.1, -0.05) is 12.1 Å². The Bertz CT molecular complexity index is 602. The molecular weight excluding hydrogens is 229 g/mol. The van der Waals surface area contributed by atoms with Gasteiger partial charge in [0, 0.05) is 6.54 Å². The zero-order valence-corrected chi connectivity index (χ0v) is 9.65. The van der Waals surface area contributed by atoms with Crippen LogP contribution in [0.3, 0.4) is 0 Å². The van der Waals surface area contributed by atoms with Crippen LogP contribution >= 0.6 is 0 Å². The fraction of sp³-hybridized carbons (Fsp3) is 0.0714. The zero-order valence-electron chi connectivity index (χ0n) is 9.65. The second-order valence-corrected chi connectivity index (χ2v) is 3.90. The molecule has 2 aromatic carbocycles. The van der Waals surface area contributed by atoms with Gasteiger partial charge in [-0.2, -0.15) is 5.26 Å². The number of halogens is 1. The molecule has 0 spiro atoms. The number of nitrogen functional groups attached to an aromatic ring is 1. The number of hydrogen-bond acceptors (Lipinski definition) is 3. The van der Waals surface area contributed by atoms with Crippen molar-refractivity contribution in [3.8, 4) is 6.07 Å². The maximum atomic E-state index is 13.0. The third-order valence-electron chi connectivity index (χ3n) is 2.55. The quantitative estimate of drug-likeness (QED) is 0.812. The molecule has 0 aliphatic rings. The third kappa shape index (κ3) is 2.77. The smallest absolute Gasteiger partial charge is 0.123 e. The molecule has 0 aromatic heterocycles. The molecule has 0 atom stereocenters. The van der Waals surface area contributed by atoms with Crippen LogP contribution in [0.15, 0.2) is 42.5 Å². The van der Waals surface area contributed by atoms with Crippen molar-refractivity contribution in [1.82, 2.24) is 0 Å². The van der Waals surface area contributed by atoms with Crippen LogP contribution in [-0.4, -0.2) is 0 Å². The molecule has 3 nitrogen and oxygen atoms in total. The average molecular weight is 241 g/mol. The molecule has 4 heteroatoms. The van der Waals surface area contributed by atoms with E-state index in [-0.39, 0.29) is 5.82 Å². The van der Waals surface area contributed by atoms with E-state index in [1.807, 2.05) is 12.1 Å². The third-order valence-corrected chi connectivity index (χ3v) is 2.55. The monoisotopic (exact) mass is 241 g/mol. The summed E-state index contributed by atoms with van der Waals surface area (Å²) in [5.74, 6) is -0.262. The topological polar surface area (TPSA) is 61.8 Å². The Hall–Kier alpha value is -2.54. The first-order chi connectivity index (χ1) is 8.69. The molecule has 3 N–H and O–H groups in total. The van der Waals surface area contributed by atoms with Crippen molar-refractivity contribution in [3.05, 3.63) is 59.4 Å². The number of rotatable bonds is 3. The van der Waals surface area contributed by atoms with E-state index in [0.717, 1.165) is 11.3 Å². The number of anilines is 2. The summed E-state index contributed by atoms with van der Waals surface area (Å²) in [4.78, 5) is 0. The maximum absolute atomic E-state index is 13.0. The lowest BCUT2D eigenvalue weighted by Crippen LogP contribution is -2.02. The summed E-state index contributed by atoms with van der Waals surface area (Å²) in [5.41, 5.74) is 8.39. The molecule has 0 bridgehead atoms. The van der Waals surface area contributed by atoms with Crippen LogP contribution in [0, 0.1) is 17.1 Å². The van der Waals surface area contributed by atoms with Gasteiger partial charge in [-0.05, 0) is 35.9 Å². The first-order valence-electron chi connectivity index (χ1n) is 5.47. The molecule has 0 aliphatic carbocycles. The number of nitriles is 1. The van der Waals surface area contributed by atoms with Gasteiger partial charge >= 0.3 is 0 Å². The summed E-state index contributed by atoms with van der Waals surface area (Å²) in [7, 11) is 0. The van der Waals surface area contributed by atoms with Crippen LogP contribution < -0.4 is 11.1 Å².